The number of nitro groups is 1. The lowest BCUT2D eigenvalue weighted by atomic mass is 10.1. The normalized spacial score (nSPS) is 10.1. The highest BCUT2D eigenvalue weighted by molar-refractivity contribution is 6.34. The van der Waals surface area contributed by atoms with Crippen LogP contribution in [0, 0.1) is 10.1 Å². The van der Waals surface area contributed by atoms with E-state index in [2.05, 4.69) is 5.32 Å². The van der Waals surface area contributed by atoms with Gasteiger partial charge in [-0.25, -0.2) is 0 Å². The first-order valence-corrected chi connectivity index (χ1v) is 6.42. The highest BCUT2D eigenvalue weighted by Gasteiger charge is 2.11. The smallest absolute Gasteiger partial charge is 0.271 e. The molecule has 0 aliphatic rings. The molecule has 0 spiro atoms. The average Bonchev–Trinajstić information content (AvgIpc) is 2.43. The number of rotatable bonds is 4. The van der Waals surface area contributed by atoms with Gasteiger partial charge in [-0.3, -0.25) is 14.9 Å². The Hall–Kier alpha value is -2.60. The van der Waals surface area contributed by atoms with E-state index in [1.807, 2.05) is 0 Å². The highest BCUT2D eigenvalue weighted by atomic mass is 35.5. The molecule has 0 heterocycles. The molecule has 1 amide bonds. The van der Waals surface area contributed by atoms with E-state index in [0.29, 0.717) is 11.4 Å². The van der Waals surface area contributed by atoms with Crippen LogP contribution in [0.15, 0.2) is 42.5 Å². The molecule has 108 valence electrons. The maximum absolute atomic E-state index is 11.9. The minimum Gasteiger partial charge on any atom is -0.399 e. The molecule has 0 aliphatic heterocycles. The van der Waals surface area contributed by atoms with Crippen molar-refractivity contribution in [1.29, 1.82) is 0 Å². The summed E-state index contributed by atoms with van der Waals surface area (Å²) in [5, 5.41) is 13.3. The van der Waals surface area contributed by atoms with Gasteiger partial charge in [0, 0.05) is 17.8 Å². The second-order valence-electron chi connectivity index (χ2n) is 4.39. The predicted octanol–water partition coefficient (Wildman–Crippen LogP) is 3.01. The van der Waals surface area contributed by atoms with Gasteiger partial charge in [-0.15, -0.1) is 0 Å². The number of nitrogen functional groups attached to an aromatic ring is 1. The van der Waals surface area contributed by atoms with Gasteiger partial charge in [-0.05, 0) is 23.8 Å². The fourth-order valence-electron chi connectivity index (χ4n) is 1.73. The number of nitrogens with two attached hydrogens (primary N) is 1. The van der Waals surface area contributed by atoms with Crippen LogP contribution in [0.3, 0.4) is 0 Å². The van der Waals surface area contributed by atoms with E-state index in [1.54, 1.807) is 24.3 Å². The fourth-order valence-corrected chi connectivity index (χ4v) is 1.96. The topological polar surface area (TPSA) is 98.3 Å². The second-order valence-corrected chi connectivity index (χ2v) is 4.79. The van der Waals surface area contributed by atoms with Crippen LogP contribution in [0.5, 0.6) is 0 Å². The average molecular weight is 306 g/mol. The van der Waals surface area contributed by atoms with E-state index in [0.717, 1.165) is 5.56 Å². The number of amides is 1. The third-order valence-corrected chi connectivity index (χ3v) is 3.09. The van der Waals surface area contributed by atoms with Gasteiger partial charge >= 0.3 is 0 Å². The lowest BCUT2D eigenvalue weighted by molar-refractivity contribution is -0.384. The van der Waals surface area contributed by atoms with Crippen LogP contribution >= 0.6 is 11.6 Å². The first-order valence-electron chi connectivity index (χ1n) is 6.04. The number of benzene rings is 2. The van der Waals surface area contributed by atoms with Crippen molar-refractivity contribution in [1.82, 2.24) is 0 Å². The number of nitrogens with zero attached hydrogens (tertiary/aromatic N) is 1. The largest absolute Gasteiger partial charge is 0.399 e. The Balaban J connectivity index is 2.06. The van der Waals surface area contributed by atoms with E-state index >= 15 is 0 Å². The van der Waals surface area contributed by atoms with Crippen molar-refractivity contribution in [3.63, 3.8) is 0 Å². The molecule has 0 bridgehead atoms. The molecular formula is C14H12ClN3O3. The number of nitro benzene ring substituents is 1. The van der Waals surface area contributed by atoms with Crippen molar-refractivity contribution in [2.75, 3.05) is 11.1 Å². The Kier molecular flexibility index (Phi) is 4.39. The molecule has 0 atom stereocenters. The van der Waals surface area contributed by atoms with Gasteiger partial charge in [0.1, 0.15) is 0 Å². The summed E-state index contributed by atoms with van der Waals surface area (Å²) in [5.41, 5.74) is 7.20. The van der Waals surface area contributed by atoms with Crippen LogP contribution in [0.2, 0.25) is 5.02 Å². The number of hydrogen-bond acceptors (Lipinski definition) is 4. The monoisotopic (exact) mass is 305 g/mol. The summed E-state index contributed by atoms with van der Waals surface area (Å²) in [6, 6.07) is 10.8. The molecule has 2 aromatic rings. The summed E-state index contributed by atoms with van der Waals surface area (Å²) < 4.78 is 0. The minimum absolute atomic E-state index is 0.120. The molecule has 0 radical (unpaired) electrons. The third-order valence-electron chi connectivity index (χ3n) is 2.78. The zero-order valence-electron chi connectivity index (χ0n) is 10.9. The van der Waals surface area contributed by atoms with Crippen LogP contribution in [0.25, 0.3) is 0 Å². The standard InChI is InChI=1S/C14H12ClN3O3/c15-12-8-11(18(20)21)5-6-13(12)17-14(19)7-9-1-3-10(16)4-2-9/h1-6,8H,7,16H2,(H,17,19). The number of anilines is 2. The second kappa shape index (κ2) is 6.23. The quantitative estimate of drug-likeness (QED) is 0.515. The van der Waals surface area contributed by atoms with Gasteiger partial charge in [0.25, 0.3) is 5.69 Å². The van der Waals surface area contributed by atoms with Crippen molar-refractivity contribution in [3.05, 3.63) is 63.2 Å². The molecule has 0 fully saturated rings. The number of halogens is 1. The molecule has 2 aromatic carbocycles. The molecule has 21 heavy (non-hydrogen) atoms. The molecule has 0 saturated carbocycles. The Bertz CT molecular complexity index is 686. The van der Waals surface area contributed by atoms with Gasteiger partial charge in [0.15, 0.2) is 0 Å². The van der Waals surface area contributed by atoms with Crippen molar-refractivity contribution >= 4 is 34.6 Å². The zero-order valence-corrected chi connectivity index (χ0v) is 11.6. The van der Waals surface area contributed by atoms with Gasteiger partial charge in [-0.2, -0.15) is 0 Å². The summed E-state index contributed by atoms with van der Waals surface area (Å²) >= 11 is 5.91. The fraction of sp³-hybridized carbons (Fsp3) is 0.0714. The van der Waals surface area contributed by atoms with E-state index in [-0.39, 0.29) is 23.0 Å². The number of carbonyl (C=O) groups excluding carboxylic acids is 1. The van der Waals surface area contributed by atoms with Gasteiger partial charge < -0.3 is 11.1 Å². The zero-order chi connectivity index (χ0) is 15.4. The first kappa shape index (κ1) is 14.8. The predicted molar refractivity (Wildman–Crippen MR) is 81.3 cm³/mol. The summed E-state index contributed by atoms with van der Waals surface area (Å²) in [4.78, 5) is 22.0. The molecular weight excluding hydrogens is 294 g/mol. The van der Waals surface area contributed by atoms with Crippen molar-refractivity contribution < 1.29 is 9.72 Å². The van der Waals surface area contributed by atoms with Crippen LogP contribution < -0.4 is 11.1 Å². The molecule has 6 nitrogen and oxygen atoms in total. The molecule has 3 N–H and O–H groups in total. The summed E-state index contributed by atoms with van der Waals surface area (Å²) in [5.74, 6) is -0.268. The van der Waals surface area contributed by atoms with Crippen LogP contribution in [-0.4, -0.2) is 10.8 Å². The number of hydrogen-bond donors (Lipinski definition) is 2. The van der Waals surface area contributed by atoms with Crippen molar-refractivity contribution in [2.45, 2.75) is 6.42 Å². The molecule has 0 aromatic heterocycles. The summed E-state index contributed by atoms with van der Waals surface area (Å²) in [6.07, 6.45) is 0.160. The van der Waals surface area contributed by atoms with Crippen LogP contribution in [-0.2, 0) is 11.2 Å². The van der Waals surface area contributed by atoms with E-state index in [9.17, 15) is 14.9 Å². The highest BCUT2D eigenvalue weighted by Crippen LogP contribution is 2.26. The van der Waals surface area contributed by atoms with E-state index < -0.39 is 4.92 Å². The summed E-state index contributed by atoms with van der Waals surface area (Å²) in [6.45, 7) is 0. The van der Waals surface area contributed by atoms with Crippen molar-refractivity contribution in [2.24, 2.45) is 0 Å². The Morgan fingerprint density at radius 1 is 1.24 bits per heavy atom. The Morgan fingerprint density at radius 2 is 1.90 bits per heavy atom. The lowest BCUT2D eigenvalue weighted by Crippen LogP contribution is -2.14. The SMILES string of the molecule is Nc1ccc(CC(=O)Nc2ccc([N+](=O)[O-])cc2Cl)cc1. The minimum atomic E-state index is -0.550. The number of nitrogens with one attached hydrogen (secondary N) is 1. The Labute approximate surface area is 125 Å². The third kappa shape index (κ3) is 3.93. The lowest BCUT2D eigenvalue weighted by Gasteiger charge is -2.07. The maximum Gasteiger partial charge on any atom is 0.271 e. The Morgan fingerprint density at radius 3 is 2.48 bits per heavy atom. The van der Waals surface area contributed by atoms with Gasteiger partial charge in [0.2, 0.25) is 5.91 Å². The number of non-ortho nitro benzene ring substituents is 1. The summed E-state index contributed by atoms with van der Waals surface area (Å²) in [7, 11) is 0. The van der Waals surface area contributed by atoms with Gasteiger partial charge in [0.05, 0.1) is 22.1 Å². The van der Waals surface area contributed by atoms with E-state index in [4.69, 9.17) is 17.3 Å². The number of carbonyl (C=O) groups is 1. The van der Waals surface area contributed by atoms with Crippen LogP contribution in [0.4, 0.5) is 17.1 Å². The molecule has 0 saturated heterocycles. The maximum atomic E-state index is 11.9. The van der Waals surface area contributed by atoms with Crippen LogP contribution in [0.1, 0.15) is 5.56 Å². The van der Waals surface area contributed by atoms with Crippen molar-refractivity contribution in [3.8, 4) is 0 Å². The molecule has 0 unspecified atom stereocenters. The molecule has 0 aliphatic carbocycles. The first-order chi connectivity index (χ1) is 9.95. The molecule has 2 rings (SSSR count). The van der Waals surface area contributed by atoms with Gasteiger partial charge in [-0.1, -0.05) is 23.7 Å². The molecule has 7 heteroatoms. The van der Waals surface area contributed by atoms with E-state index in [1.165, 1.54) is 18.2 Å².